The Morgan fingerprint density at radius 2 is 1.69 bits per heavy atom. The normalized spacial score (nSPS) is 10.5. The SMILES string of the molecule is COc1ccc(-c2cccc(C#N)c2-c2ccoc2-c2ccco2)cc1. The highest BCUT2D eigenvalue weighted by molar-refractivity contribution is 5.92. The molecule has 26 heavy (non-hydrogen) atoms. The van der Waals surface area contributed by atoms with Crippen LogP contribution in [0.3, 0.4) is 0 Å². The smallest absolute Gasteiger partial charge is 0.176 e. The minimum absolute atomic E-state index is 0.576. The molecule has 4 rings (SSSR count). The predicted molar refractivity (Wildman–Crippen MR) is 98.5 cm³/mol. The molecule has 0 N–H and O–H groups in total. The molecule has 4 nitrogen and oxygen atoms in total. The van der Waals surface area contributed by atoms with Crippen molar-refractivity contribution < 1.29 is 13.6 Å². The summed E-state index contributed by atoms with van der Waals surface area (Å²) in [6.07, 6.45) is 3.21. The molecule has 4 heteroatoms. The van der Waals surface area contributed by atoms with Gasteiger partial charge < -0.3 is 13.6 Å². The lowest BCUT2D eigenvalue weighted by atomic mass is 9.90. The number of furan rings is 2. The highest BCUT2D eigenvalue weighted by Gasteiger charge is 2.20. The minimum Gasteiger partial charge on any atom is -0.497 e. The van der Waals surface area contributed by atoms with Crippen LogP contribution in [0.25, 0.3) is 33.8 Å². The Morgan fingerprint density at radius 1 is 0.846 bits per heavy atom. The summed E-state index contributed by atoms with van der Waals surface area (Å²) in [6, 6.07) is 21.2. The number of hydrogen-bond donors (Lipinski definition) is 0. The van der Waals surface area contributed by atoms with Crippen LogP contribution < -0.4 is 4.74 Å². The highest BCUT2D eigenvalue weighted by Crippen LogP contribution is 2.41. The van der Waals surface area contributed by atoms with E-state index < -0.39 is 0 Å². The number of nitriles is 1. The van der Waals surface area contributed by atoms with Crippen LogP contribution in [-0.4, -0.2) is 7.11 Å². The van der Waals surface area contributed by atoms with E-state index in [0.717, 1.165) is 28.0 Å². The fourth-order valence-corrected chi connectivity index (χ4v) is 3.05. The zero-order valence-corrected chi connectivity index (χ0v) is 14.1. The van der Waals surface area contributed by atoms with Gasteiger partial charge in [0.15, 0.2) is 11.5 Å². The van der Waals surface area contributed by atoms with Crippen molar-refractivity contribution >= 4 is 0 Å². The third-order valence-corrected chi connectivity index (χ3v) is 4.27. The van der Waals surface area contributed by atoms with E-state index in [9.17, 15) is 5.26 Å². The molecule has 2 heterocycles. The second-order valence-corrected chi connectivity index (χ2v) is 5.71. The van der Waals surface area contributed by atoms with Crippen molar-refractivity contribution in [1.29, 1.82) is 5.26 Å². The van der Waals surface area contributed by atoms with Crippen molar-refractivity contribution in [3.63, 3.8) is 0 Å². The van der Waals surface area contributed by atoms with E-state index in [1.54, 1.807) is 25.7 Å². The maximum absolute atomic E-state index is 9.67. The van der Waals surface area contributed by atoms with Gasteiger partial charge in [0.05, 0.1) is 31.3 Å². The fourth-order valence-electron chi connectivity index (χ4n) is 3.05. The van der Waals surface area contributed by atoms with Gasteiger partial charge in [0.25, 0.3) is 0 Å². The van der Waals surface area contributed by atoms with Crippen LogP contribution in [0.15, 0.2) is 82.0 Å². The summed E-state index contributed by atoms with van der Waals surface area (Å²) in [4.78, 5) is 0. The second-order valence-electron chi connectivity index (χ2n) is 5.71. The van der Waals surface area contributed by atoms with Crippen LogP contribution in [0, 0.1) is 11.3 Å². The molecule has 0 atom stereocenters. The molecule has 0 amide bonds. The maximum atomic E-state index is 9.67. The monoisotopic (exact) mass is 341 g/mol. The van der Waals surface area contributed by atoms with Gasteiger partial charge in [-0.1, -0.05) is 24.3 Å². The molecular formula is C22H15NO3. The van der Waals surface area contributed by atoms with Crippen LogP contribution in [-0.2, 0) is 0 Å². The van der Waals surface area contributed by atoms with Gasteiger partial charge in [-0.15, -0.1) is 0 Å². The summed E-state index contributed by atoms with van der Waals surface area (Å²) >= 11 is 0. The molecule has 4 aromatic rings. The van der Waals surface area contributed by atoms with Gasteiger partial charge in [-0.2, -0.15) is 5.26 Å². The first-order chi connectivity index (χ1) is 12.8. The molecule has 0 saturated heterocycles. The summed E-state index contributed by atoms with van der Waals surface area (Å²) in [5, 5.41) is 9.67. The van der Waals surface area contributed by atoms with Crippen LogP contribution >= 0.6 is 0 Å². The molecule has 0 fully saturated rings. The minimum atomic E-state index is 0.576. The first-order valence-electron chi connectivity index (χ1n) is 8.11. The molecule has 2 aromatic heterocycles. The van der Waals surface area contributed by atoms with Crippen LogP contribution in [0.2, 0.25) is 0 Å². The van der Waals surface area contributed by atoms with Crippen molar-refractivity contribution in [2.45, 2.75) is 0 Å². The largest absolute Gasteiger partial charge is 0.497 e. The van der Waals surface area contributed by atoms with E-state index in [0.29, 0.717) is 17.1 Å². The van der Waals surface area contributed by atoms with Crippen LogP contribution in [0.4, 0.5) is 0 Å². The molecule has 0 bridgehead atoms. The Balaban J connectivity index is 1.94. The topological polar surface area (TPSA) is 59.3 Å². The molecule has 0 spiro atoms. The first kappa shape index (κ1) is 15.8. The average molecular weight is 341 g/mol. The summed E-state index contributed by atoms with van der Waals surface area (Å²) in [5.74, 6) is 2.01. The van der Waals surface area contributed by atoms with Crippen molar-refractivity contribution in [1.82, 2.24) is 0 Å². The molecular weight excluding hydrogens is 326 g/mol. The van der Waals surface area contributed by atoms with E-state index in [1.807, 2.05) is 54.6 Å². The lowest BCUT2D eigenvalue weighted by Crippen LogP contribution is -1.91. The van der Waals surface area contributed by atoms with Crippen molar-refractivity contribution in [2.24, 2.45) is 0 Å². The molecule has 0 radical (unpaired) electrons. The van der Waals surface area contributed by atoms with Crippen molar-refractivity contribution in [2.75, 3.05) is 7.11 Å². The zero-order chi connectivity index (χ0) is 17.9. The average Bonchev–Trinajstić information content (AvgIpc) is 3.38. The summed E-state index contributed by atoms with van der Waals surface area (Å²) < 4.78 is 16.4. The zero-order valence-electron chi connectivity index (χ0n) is 14.1. The van der Waals surface area contributed by atoms with Crippen molar-refractivity contribution in [3.8, 4) is 45.6 Å². The number of nitrogens with zero attached hydrogens (tertiary/aromatic N) is 1. The second kappa shape index (κ2) is 6.66. The number of methoxy groups -OCH3 is 1. The molecule has 0 saturated carbocycles. The van der Waals surface area contributed by atoms with Gasteiger partial charge in [-0.05, 0) is 47.5 Å². The van der Waals surface area contributed by atoms with Crippen LogP contribution in [0.5, 0.6) is 5.75 Å². The van der Waals surface area contributed by atoms with Gasteiger partial charge in [0, 0.05) is 11.1 Å². The number of ether oxygens (including phenoxy) is 1. The molecule has 0 aliphatic carbocycles. The van der Waals surface area contributed by atoms with E-state index in [4.69, 9.17) is 13.6 Å². The van der Waals surface area contributed by atoms with Crippen LogP contribution in [0.1, 0.15) is 5.56 Å². The third kappa shape index (κ3) is 2.66. The summed E-state index contributed by atoms with van der Waals surface area (Å²) in [7, 11) is 1.64. The van der Waals surface area contributed by atoms with Crippen molar-refractivity contribution in [3.05, 3.63) is 78.8 Å². The summed E-state index contributed by atoms with van der Waals surface area (Å²) in [5.41, 5.74) is 4.15. The van der Waals surface area contributed by atoms with E-state index in [1.165, 1.54) is 0 Å². The lowest BCUT2D eigenvalue weighted by Gasteiger charge is -2.12. The molecule has 0 aliphatic heterocycles. The highest BCUT2D eigenvalue weighted by atomic mass is 16.5. The lowest BCUT2D eigenvalue weighted by molar-refractivity contribution is 0.415. The van der Waals surface area contributed by atoms with Gasteiger partial charge in [0.1, 0.15) is 5.75 Å². The molecule has 0 aliphatic rings. The Kier molecular flexibility index (Phi) is 4.04. The number of rotatable bonds is 4. The van der Waals surface area contributed by atoms with E-state index in [2.05, 4.69) is 6.07 Å². The maximum Gasteiger partial charge on any atom is 0.176 e. The van der Waals surface area contributed by atoms with Gasteiger partial charge in [-0.25, -0.2) is 0 Å². The summed E-state index contributed by atoms with van der Waals surface area (Å²) in [6.45, 7) is 0. The van der Waals surface area contributed by atoms with E-state index >= 15 is 0 Å². The van der Waals surface area contributed by atoms with Gasteiger partial charge >= 0.3 is 0 Å². The molecule has 2 aromatic carbocycles. The van der Waals surface area contributed by atoms with Gasteiger partial charge in [-0.3, -0.25) is 0 Å². The number of benzene rings is 2. The molecule has 0 unspecified atom stereocenters. The predicted octanol–water partition coefficient (Wildman–Crippen LogP) is 5.75. The Hall–Kier alpha value is -3.71. The quantitative estimate of drug-likeness (QED) is 0.474. The Labute approximate surface area is 150 Å². The molecule has 126 valence electrons. The Bertz CT molecular complexity index is 1070. The fraction of sp³-hybridized carbons (Fsp3) is 0.0455. The Morgan fingerprint density at radius 3 is 2.38 bits per heavy atom. The van der Waals surface area contributed by atoms with Gasteiger partial charge in [0.2, 0.25) is 0 Å². The standard InChI is InChI=1S/C22H15NO3/c1-24-17-9-7-15(8-10-17)18-5-2-4-16(14-23)21(18)19-11-13-26-22(19)20-6-3-12-25-20/h2-13H,1H3. The third-order valence-electron chi connectivity index (χ3n) is 4.27. The van der Waals surface area contributed by atoms with E-state index in [-0.39, 0.29) is 0 Å². The number of hydrogen-bond acceptors (Lipinski definition) is 4. The first-order valence-corrected chi connectivity index (χ1v) is 8.11.